The van der Waals surface area contributed by atoms with Gasteiger partial charge in [-0.25, -0.2) is 17.2 Å². The molecule has 244 valence electrons. The SMILES string of the molecule is CC1c2c(ccc3[nH]ccc23)OCCN1C(=O)OC(C)(C)C.Cc1oncc1S(=O)(=O)n1ccc2c3c(ccc21)OCCNC3C. The van der Waals surface area contributed by atoms with Crippen LogP contribution >= 0.6 is 0 Å². The van der Waals surface area contributed by atoms with Crippen LogP contribution in [-0.2, 0) is 14.8 Å². The maximum absolute atomic E-state index is 12.9. The van der Waals surface area contributed by atoms with Crippen LogP contribution in [0.4, 0.5) is 4.79 Å². The number of nitrogens with one attached hydrogen (secondary N) is 2. The lowest BCUT2D eigenvalue weighted by Gasteiger charge is -2.30. The molecule has 0 aliphatic carbocycles. The summed E-state index contributed by atoms with van der Waals surface area (Å²) >= 11 is 0. The van der Waals surface area contributed by atoms with Crippen LogP contribution in [0.5, 0.6) is 11.5 Å². The van der Waals surface area contributed by atoms with Crippen molar-refractivity contribution < 1.29 is 31.9 Å². The van der Waals surface area contributed by atoms with E-state index in [0.717, 1.165) is 45.5 Å². The van der Waals surface area contributed by atoms with Crippen molar-refractivity contribution >= 4 is 37.9 Å². The van der Waals surface area contributed by atoms with Crippen LogP contribution < -0.4 is 14.8 Å². The van der Waals surface area contributed by atoms with Crippen molar-refractivity contribution in [2.45, 2.75) is 64.1 Å². The predicted octanol–water partition coefficient (Wildman–Crippen LogP) is 6.08. The topological polar surface area (TPSA) is 141 Å². The highest BCUT2D eigenvalue weighted by atomic mass is 32.2. The molecule has 46 heavy (non-hydrogen) atoms. The van der Waals surface area contributed by atoms with Crippen LogP contribution in [0.25, 0.3) is 21.8 Å². The molecule has 7 rings (SSSR count). The average molecular weight is 650 g/mol. The minimum atomic E-state index is -3.76. The minimum Gasteiger partial charge on any atom is -0.492 e. The summed E-state index contributed by atoms with van der Waals surface area (Å²) in [5.41, 5.74) is 3.14. The highest BCUT2D eigenvalue weighted by molar-refractivity contribution is 7.90. The van der Waals surface area contributed by atoms with E-state index in [1.165, 1.54) is 10.2 Å². The number of aryl methyl sites for hydroxylation is 1. The van der Waals surface area contributed by atoms with Crippen molar-refractivity contribution in [2.24, 2.45) is 0 Å². The van der Waals surface area contributed by atoms with E-state index < -0.39 is 15.6 Å². The van der Waals surface area contributed by atoms with Gasteiger partial charge >= 0.3 is 6.09 Å². The summed E-state index contributed by atoms with van der Waals surface area (Å²) in [6.07, 6.45) is 4.39. The molecule has 2 atom stereocenters. The summed E-state index contributed by atoms with van der Waals surface area (Å²) in [5, 5.41) is 8.88. The number of aromatic amines is 1. The molecule has 0 fully saturated rings. The molecule has 0 saturated carbocycles. The average Bonchev–Trinajstić information content (AvgIpc) is 3.71. The second kappa shape index (κ2) is 12.0. The van der Waals surface area contributed by atoms with Gasteiger partial charge in [0.25, 0.3) is 10.0 Å². The lowest BCUT2D eigenvalue weighted by Crippen LogP contribution is -2.39. The second-order valence-corrected chi connectivity index (χ2v) is 14.2. The molecule has 5 heterocycles. The number of benzene rings is 2. The van der Waals surface area contributed by atoms with Crippen LogP contribution in [0.15, 0.2) is 64.4 Å². The molecule has 0 spiro atoms. The Morgan fingerprint density at radius 3 is 2.48 bits per heavy atom. The number of H-pyrrole nitrogens is 1. The zero-order valence-corrected chi connectivity index (χ0v) is 27.6. The molecule has 2 aliphatic heterocycles. The van der Waals surface area contributed by atoms with E-state index in [9.17, 15) is 13.2 Å². The van der Waals surface area contributed by atoms with Gasteiger partial charge in [0.2, 0.25) is 0 Å². The van der Waals surface area contributed by atoms with Crippen LogP contribution in [0.2, 0.25) is 0 Å². The summed E-state index contributed by atoms with van der Waals surface area (Å²) in [7, 11) is -3.76. The van der Waals surface area contributed by atoms with Gasteiger partial charge in [0.05, 0.1) is 24.3 Å². The number of carbonyl (C=O) groups excluding carboxylic acids is 1. The Morgan fingerprint density at radius 1 is 1.00 bits per heavy atom. The maximum Gasteiger partial charge on any atom is 0.410 e. The fourth-order valence-electron chi connectivity index (χ4n) is 6.03. The third kappa shape index (κ3) is 5.80. The van der Waals surface area contributed by atoms with E-state index in [2.05, 4.69) is 15.5 Å². The smallest absolute Gasteiger partial charge is 0.410 e. The summed E-state index contributed by atoms with van der Waals surface area (Å²) < 4.78 is 49.2. The van der Waals surface area contributed by atoms with Crippen molar-refractivity contribution in [3.8, 4) is 11.5 Å². The molecule has 12 nitrogen and oxygen atoms in total. The molecule has 0 bridgehead atoms. The van der Waals surface area contributed by atoms with Gasteiger partial charge in [0.15, 0.2) is 10.7 Å². The Bertz CT molecular complexity index is 2000. The van der Waals surface area contributed by atoms with Gasteiger partial charge in [-0.2, -0.15) is 0 Å². The van der Waals surface area contributed by atoms with Gasteiger partial charge in [-0.3, -0.25) is 4.90 Å². The molecular weight excluding hydrogens is 610 g/mol. The van der Waals surface area contributed by atoms with Crippen LogP contribution in [0.3, 0.4) is 0 Å². The maximum atomic E-state index is 12.9. The number of amides is 1. The summed E-state index contributed by atoms with van der Waals surface area (Å²) in [5.74, 6) is 1.90. The standard InChI is InChI=1S/C17H22N2O3.C16H17N3O4S/c1-11-15-12-7-8-18-13(12)5-6-14(15)21-10-9-19(11)16(20)22-17(2,3)4;1-10-16-12-5-7-19(24(20,21)15-9-18-23-11(15)2)13(12)3-4-14(16)22-8-6-17-10/h5-8,11,18H,9-10H2,1-4H3;3-5,7,9-10,17H,6,8H2,1-2H3. The van der Waals surface area contributed by atoms with E-state index >= 15 is 0 Å². The fourth-order valence-corrected chi connectivity index (χ4v) is 7.45. The Morgan fingerprint density at radius 2 is 1.74 bits per heavy atom. The molecule has 0 saturated heterocycles. The Labute approximate surface area is 267 Å². The summed E-state index contributed by atoms with van der Waals surface area (Å²) in [6.45, 7) is 13.6. The lowest BCUT2D eigenvalue weighted by molar-refractivity contribution is 0.0168. The molecule has 1 amide bonds. The predicted molar refractivity (Wildman–Crippen MR) is 173 cm³/mol. The number of hydrogen-bond acceptors (Lipinski definition) is 9. The van der Waals surface area contributed by atoms with E-state index in [1.54, 1.807) is 30.2 Å². The van der Waals surface area contributed by atoms with Crippen molar-refractivity contribution in [3.05, 3.63) is 71.9 Å². The Hall–Kier alpha value is -4.49. The van der Waals surface area contributed by atoms with Crippen LogP contribution in [-0.4, -0.2) is 65.4 Å². The molecule has 0 radical (unpaired) electrons. The van der Waals surface area contributed by atoms with E-state index in [0.29, 0.717) is 25.3 Å². The third-order valence-corrected chi connectivity index (χ3v) is 9.95. The van der Waals surface area contributed by atoms with Gasteiger partial charge in [-0.15, -0.1) is 0 Å². The largest absolute Gasteiger partial charge is 0.492 e. The summed E-state index contributed by atoms with van der Waals surface area (Å²) in [6, 6.07) is 11.4. The minimum absolute atomic E-state index is 0.0670. The first-order chi connectivity index (χ1) is 21.9. The molecular formula is C33H39N5O7S. The number of carbonyl (C=O) groups is 1. The fraction of sp³-hybridized carbons (Fsp3) is 0.394. The molecule has 13 heteroatoms. The number of hydrogen-bond donors (Lipinski definition) is 2. The molecule has 2 unspecified atom stereocenters. The number of nitrogens with zero attached hydrogens (tertiary/aromatic N) is 3. The van der Waals surface area contributed by atoms with Crippen molar-refractivity contribution in [1.82, 2.24) is 24.3 Å². The lowest BCUT2D eigenvalue weighted by atomic mass is 10.0. The second-order valence-electron chi connectivity index (χ2n) is 12.4. The number of rotatable bonds is 2. The quantitative estimate of drug-likeness (QED) is 0.233. The Kier molecular flexibility index (Phi) is 8.23. The van der Waals surface area contributed by atoms with Gasteiger partial charge < -0.3 is 29.0 Å². The first kappa shape index (κ1) is 31.5. The Balaban J connectivity index is 0.000000162. The highest BCUT2D eigenvalue weighted by Crippen LogP contribution is 2.38. The van der Waals surface area contributed by atoms with Gasteiger partial charge in [0, 0.05) is 52.4 Å². The highest BCUT2D eigenvalue weighted by Gasteiger charge is 2.32. The zero-order valence-electron chi connectivity index (χ0n) is 26.8. The molecule has 3 aromatic heterocycles. The molecule has 2 aliphatic rings. The van der Waals surface area contributed by atoms with Crippen molar-refractivity contribution in [2.75, 3.05) is 26.3 Å². The first-order valence-corrected chi connectivity index (χ1v) is 16.7. The van der Waals surface area contributed by atoms with Gasteiger partial charge in [-0.05, 0) is 77.9 Å². The number of fused-ring (bicyclic) bond motifs is 6. The molecule has 2 aromatic carbocycles. The van der Waals surface area contributed by atoms with E-state index in [1.807, 2.05) is 65.1 Å². The van der Waals surface area contributed by atoms with Crippen molar-refractivity contribution in [3.63, 3.8) is 0 Å². The number of aromatic nitrogens is 3. The van der Waals surface area contributed by atoms with Crippen LogP contribution in [0, 0.1) is 6.92 Å². The van der Waals surface area contributed by atoms with Crippen molar-refractivity contribution in [1.29, 1.82) is 0 Å². The van der Waals surface area contributed by atoms with E-state index in [4.69, 9.17) is 18.7 Å². The van der Waals surface area contributed by atoms with Crippen LogP contribution in [0.1, 0.15) is 63.6 Å². The number of ether oxygens (including phenoxy) is 3. The normalized spacial score (nSPS) is 18.3. The molecule has 5 aromatic rings. The molecule has 2 N–H and O–H groups in total. The monoisotopic (exact) mass is 649 g/mol. The van der Waals surface area contributed by atoms with Gasteiger partial charge in [0.1, 0.15) is 30.3 Å². The zero-order chi connectivity index (χ0) is 32.8. The first-order valence-electron chi connectivity index (χ1n) is 15.3. The van der Waals surface area contributed by atoms with Gasteiger partial charge in [-0.1, -0.05) is 5.16 Å². The van der Waals surface area contributed by atoms with E-state index in [-0.39, 0.29) is 28.8 Å². The summed E-state index contributed by atoms with van der Waals surface area (Å²) in [4.78, 5) is 17.5. The third-order valence-electron chi connectivity index (χ3n) is 8.16.